The van der Waals surface area contributed by atoms with E-state index in [0.29, 0.717) is 6.73 Å². The molecular weight excluding hydrogens is 186 g/mol. The highest BCUT2D eigenvalue weighted by Crippen LogP contribution is 2.33. The quantitative estimate of drug-likeness (QED) is 0.758. The molecule has 3 rings (SSSR count). The molecule has 0 atom stereocenters. The lowest BCUT2D eigenvalue weighted by molar-refractivity contribution is 0.372. The van der Waals surface area contributed by atoms with E-state index < -0.39 is 0 Å². The molecule has 1 N–H and O–H groups in total. The number of anilines is 1. The summed E-state index contributed by atoms with van der Waals surface area (Å²) in [6, 6.07) is 16.6. The minimum absolute atomic E-state index is 0.577. The van der Waals surface area contributed by atoms with E-state index in [1.54, 1.807) is 0 Å². The normalized spacial score (nSPS) is 12.8. The molecule has 0 bridgehead atoms. The fourth-order valence-corrected chi connectivity index (χ4v) is 1.79. The fourth-order valence-electron chi connectivity index (χ4n) is 1.79. The molecule has 0 aliphatic carbocycles. The molecule has 2 nitrogen and oxygen atoms in total. The third-order valence-electron chi connectivity index (χ3n) is 2.58. The van der Waals surface area contributed by atoms with E-state index in [2.05, 4.69) is 35.6 Å². The Labute approximate surface area is 88.5 Å². The Balaban J connectivity index is 2.07. The van der Waals surface area contributed by atoms with Crippen molar-refractivity contribution >= 4 is 5.69 Å². The van der Waals surface area contributed by atoms with E-state index in [-0.39, 0.29) is 0 Å². The first kappa shape index (κ1) is 8.36. The molecule has 2 aromatic carbocycles. The molecule has 0 unspecified atom stereocenters. The molecule has 0 amide bonds. The first-order valence-corrected chi connectivity index (χ1v) is 5.00. The van der Waals surface area contributed by atoms with Gasteiger partial charge in [0.15, 0.2) is 6.73 Å². The van der Waals surface area contributed by atoms with Crippen LogP contribution >= 0.6 is 0 Å². The average molecular weight is 197 g/mol. The maximum absolute atomic E-state index is 5.45. The third kappa shape index (κ3) is 1.44. The number of nitrogens with one attached hydrogen (secondary N) is 1. The standard InChI is InChI=1S/C13H11NO/c1-2-4-10(5-3-1)11-6-7-12-13(8-11)15-9-14-12/h1-8,14H,9H2. The highest BCUT2D eigenvalue weighted by molar-refractivity contribution is 5.71. The van der Waals surface area contributed by atoms with Crippen LogP contribution in [0.3, 0.4) is 0 Å². The van der Waals surface area contributed by atoms with Crippen LogP contribution in [0.4, 0.5) is 5.69 Å². The molecule has 1 aliphatic rings. The van der Waals surface area contributed by atoms with Crippen LogP contribution in [0, 0.1) is 0 Å². The van der Waals surface area contributed by atoms with Crippen LogP contribution in [0.15, 0.2) is 48.5 Å². The molecule has 1 heterocycles. The zero-order chi connectivity index (χ0) is 10.1. The Morgan fingerprint density at radius 2 is 1.80 bits per heavy atom. The lowest BCUT2D eigenvalue weighted by Gasteiger charge is -2.03. The van der Waals surface area contributed by atoms with Crippen LogP contribution < -0.4 is 10.1 Å². The van der Waals surface area contributed by atoms with Crippen molar-refractivity contribution in [2.24, 2.45) is 0 Å². The summed E-state index contributed by atoms with van der Waals surface area (Å²) < 4.78 is 5.45. The number of hydrogen-bond acceptors (Lipinski definition) is 2. The summed E-state index contributed by atoms with van der Waals surface area (Å²) >= 11 is 0. The maximum atomic E-state index is 5.45. The Morgan fingerprint density at radius 1 is 0.933 bits per heavy atom. The predicted octanol–water partition coefficient (Wildman–Crippen LogP) is 3.12. The molecule has 2 aromatic rings. The van der Waals surface area contributed by atoms with Gasteiger partial charge in [-0.3, -0.25) is 0 Å². The molecule has 1 aliphatic heterocycles. The van der Waals surface area contributed by atoms with E-state index >= 15 is 0 Å². The Kier molecular flexibility index (Phi) is 1.85. The van der Waals surface area contributed by atoms with Crippen molar-refractivity contribution in [3.05, 3.63) is 48.5 Å². The molecule has 0 aromatic heterocycles. The number of rotatable bonds is 1. The zero-order valence-electron chi connectivity index (χ0n) is 8.23. The molecule has 0 saturated carbocycles. The maximum Gasteiger partial charge on any atom is 0.159 e. The highest BCUT2D eigenvalue weighted by Gasteiger charge is 2.11. The van der Waals surface area contributed by atoms with Crippen molar-refractivity contribution in [3.8, 4) is 16.9 Å². The SMILES string of the molecule is c1ccc(-c2ccc3c(c2)OCN3)cc1. The molecule has 0 saturated heterocycles. The Bertz CT molecular complexity index is 479. The summed E-state index contributed by atoms with van der Waals surface area (Å²) in [5.74, 6) is 0.941. The minimum atomic E-state index is 0.577. The molecule has 0 radical (unpaired) electrons. The summed E-state index contributed by atoms with van der Waals surface area (Å²) in [4.78, 5) is 0. The average Bonchev–Trinajstić information content (AvgIpc) is 2.77. The molecular formula is C13H11NO. The van der Waals surface area contributed by atoms with Crippen LogP contribution in [-0.4, -0.2) is 6.73 Å². The Morgan fingerprint density at radius 3 is 2.67 bits per heavy atom. The van der Waals surface area contributed by atoms with Gasteiger partial charge in [0.1, 0.15) is 5.75 Å². The van der Waals surface area contributed by atoms with E-state index in [9.17, 15) is 0 Å². The number of fused-ring (bicyclic) bond motifs is 1. The van der Waals surface area contributed by atoms with E-state index in [1.165, 1.54) is 11.1 Å². The van der Waals surface area contributed by atoms with Gasteiger partial charge < -0.3 is 10.1 Å². The monoisotopic (exact) mass is 197 g/mol. The third-order valence-corrected chi connectivity index (χ3v) is 2.58. The summed E-state index contributed by atoms with van der Waals surface area (Å²) in [5, 5.41) is 3.16. The molecule has 0 spiro atoms. The zero-order valence-corrected chi connectivity index (χ0v) is 8.23. The van der Waals surface area contributed by atoms with Crippen LogP contribution in [0.2, 0.25) is 0 Å². The van der Waals surface area contributed by atoms with Gasteiger partial charge in [-0.1, -0.05) is 36.4 Å². The van der Waals surface area contributed by atoms with Gasteiger partial charge in [0.05, 0.1) is 5.69 Å². The van der Waals surface area contributed by atoms with Crippen LogP contribution in [-0.2, 0) is 0 Å². The van der Waals surface area contributed by atoms with Gasteiger partial charge in [-0.15, -0.1) is 0 Å². The molecule has 15 heavy (non-hydrogen) atoms. The second-order valence-electron chi connectivity index (χ2n) is 3.54. The van der Waals surface area contributed by atoms with Crippen molar-refractivity contribution < 1.29 is 4.74 Å². The minimum Gasteiger partial charge on any atom is -0.471 e. The van der Waals surface area contributed by atoms with Gasteiger partial charge in [0.2, 0.25) is 0 Å². The fraction of sp³-hybridized carbons (Fsp3) is 0.0769. The number of ether oxygens (including phenoxy) is 1. The predicted molar refractivity (Wildman–Crippen MR) is 61.0 cm³/mol. The van der Waals surface area contributed by atoms with Gasteiger partial charge in [0, 0.05) is 0 Å². The van der Waals surface area contributed by atoms with E-state index in [1.807, 2.05) is 18.2 Å². The number of hydrogen-bond donors (Lipinski definition) is 1. The molecule has 0 fully saturated rings. The molecule has 74 valence electrons. The van der Waals surface area contributed by atoms with E-state index in [4.69, 9.17) is 4.74 Å². The lowest BCUT2D eigenvalue weighted by Crippen LogP contribution is -1.96. The highest BCUT2D eigenvalue weighted by atomic mass is 16.5. The van der Waals surface area contributed by atoms with Crippen LogP contribution in [0.1, 0.15) is 0 Å². The van der Waals surface area contributed by atoms with Gasteiger partial charge in [-0.05, 0) is 23.3 Å². The summed E-state index contributed by atoms with van der Waals surface area (Å²) in [7, 11) is 0. The van der Waals surface area contributed by atoms with Crippen molar-refractivity contribution in [2.75, 3.05) is 12.0 Å². The lowest BCUT2D eigenvalue weighted by atomic mass is 10.1. The smallest absolute Gasteiger partial charge is 0.159 e. The summed E-state index contributed by atoms with van der Waals surface area (Å²) in [5.41, 5.74) is 3.49. The van der Waals surface area contributed by atoms with Gasteiger partial charge >= 0.3 is 0 Å². The summed E-state index contributed by atoms with van der Waals surface area (Å²) in [6.07, 6.45) is 0. The number of benzene rings is 2. The van der Waals surface area contributed by atoms with Crippen LogP contribution in [0.5, 0.6) is 5.75 Å². The van der Waals surface area contributed by atoms with Crippen molar-refractivity contribution in [3.63, 3.8) is 0 Å². The first-order valence-electron chi connectivity index (χ1n) is 5.00. The second kappa shape index (κ2) is 3.31. The second-order valence-corrected chi connectivity index (χ2v) is 3.54. The Hall–Kier alpha value is -1.96. The topological polar surface area (TPSA) is 21.3 Å². The van der Waals surface area contributed by atoms with Gasteiger partial charge in [-0.25, -0.2) is 0 Å². The largest absolute Gasteiger partial charge is 0.471 e. The van der Waals surface area contributed by atoms with Crippen molar-refractivity contribution in [1.82, 2.24) is 0 Å². The van der Waals surface area contributed by atoms with Crippen molar-refractivity contribution in [2.45, 2.75) is 0 Å². The van der Waals surface area contributed by atoms with E-state index in [0.717, 1.165) is 11.4 Å². The molecule has 2 heteroatoms. The van der Waals surface area contributed by atoms with Crippen LogP contribution in [0.25, 0.3) is 11.1 Å². The van der Waals surface area contributed by atoms with Gasteiger partial charge in [0.25, 0.3) is 0 Å². The van der Waals surface area contributed by atoms with Crippen molar-refractivity contribution in [1.29, 1.82) is 0 Å². The van der Waals surface area contributed by atoms with Gasteiger partial charge in [-0.2, -0.15) is 0 Å². The summed E-state index contributed by atoms with van der Waals surface area (Å²) in [6.45, 7) is 0.577. The first-order chi connectivity index (χ1) is 7.43.